The number of carbonyl (C=O) groups is 2. The Hall–Kier alpha value is -2.74. The Morgan fingerprint density at radius 3 is 2.96 bits per heavy atom. The number of rotatable bonds is 3. The maximum atomic E-state index is 12.7. The number of amides is 1. The first kappa shape index (κ1) is 13.9. The van der Waals surface area contributed by atoms with Gasteiger partial charge >= 0.3 is 5.97 Å². The summed E-state index contributed by atoms with van der Waals surface area (Å²) in [5.41, 5.74) is -0.701. The van der Waals surface area contributed by atoms with E-state index in [2.05, 4.69) is 0 Å². The van der Waals surface area contributed by atoms with Gasteiger partial charge in [-0.25, -0.2) is 0 Å². The molecule has 1 N–H and O–H groups in total. The van der Waals surface area contributed by atoms with Crippen molar-refractivity contribution in [3.05, 3.63) is 46.5 Å². The summed E-state index contributed by atoms with van der Waals surface area (Å²) in [5, 5.41) is 20.3. The van der Waals surface area contributed by atoms with E-state index in [1.54, 1.807) is 18.2 Å². The number of fused-ring (bicyclic) bond motifs is 1. The summed E-state index contributed by atoms with van der Waals surface area (Å²) in [6, 6.07) is 5.73. The topological polar surface area (TPSA) is 110 Å². The van der Waals surface area contributed by atoms with Crippen molar-refractivity contribution >= 4 is 23.3 Å². The molecule has 1 amide bonds. The number of nitro groups is 1. The number of carboxylic acid groups (broad SMARTS) is 1. The predicted octanol–water partition coefficient (Wildman–Crippen LogP) is 0.966. The highest BCUT2D eigenvalue weighted by atomic mass is 16.6. The van der Waals surface area contributed by atoms with E-state index < -0.39 is 34.4 Å². The molecule has 8 nitrogen and oxygen atoms in total. The number of hydrogen-bond acceptors (Lipinski definition) is 5. The summed E-state index contributed by atoms with van der Waals surface area (Å²) in [4.78, 5) is 36.0. The van der Waals surface area contributed by atoms with Gasteiger partial charge in [0, 0.05) is 12.1 Å². The van der Waals surface area contributed by atoms with Crippen LogP contribution in [0.25, 0.3) is 0 Å². The molecule has 0 aromatic heterocycles. The lowest BCUT2D eigenvalue weighted by Gasteiger charge is -2.21. The molecule has 1 aromatic rings. The number of non-ortho nitro benzene ring substituents is 1. The minimum absolute atomic E-state index is 0.125. The van der Waals surface area contributed by atoms with Gasteiger partial charge in [0.1, 0.15) is 11.5 Å². The molecular formula is C15H12N2O6. The highest BCUT2D eigenvalue weighted by molar-refractivity contribution is 6.02. The Morgan fingerprint density at radius 2 is 2.26 bits per heavy atom. The summed E-state index contributed by atoms with van der Waals surface area (Å²) >= 11 is 0. The minimum Gasteiger partial charge on any atom is -0.481 e. The minimum atomic E-state index is -1.07. The lowest BCUT2D eigenvalue weighted by Crippen LogP contribution is -2.39. The Bertz CT molecular complexity index is 775. The smallest absolute Gasteiger partial charge is 0.310 e. The first-order chi connectivity index (χ1) is 10.9. The summed E-state index contributed by atoms with van der Waals surface area (Å²) < 4.78 is 5.77. The average molecular weight is 316 g/mol. The van der Waals surface area contributed by atoms with Crippen molar-refractivity contribution in [2.45, 2.75) is 11.7 Å². The van der Waals surface area contributed by atoms with Gasteiger partial charge in [-0.3, -0.25) is 19.7 Å². The van der Waals surface area contributed by atoms with Crippen LogP contribution in [0.15, 0.2) is 36.4 Å². The van der Waals surface area contributed by atoms with Crippen LogP contribution in [0.2, 0.25) is 0 Å². The van der Waals surface area contributed by atoms with E-state index in [-0.39, 0.29) is 18.1 Å². The molecule has 0 aliphatic carbocycles. The standard InChI is InChI=1S/C15H12N2O6/c18-13-12-11(14(19)20)10-4-5-15(12,23-10)7-16(13)8-2-1-3-9(6-8)17(21)22/h1-6,10-12H,7H2,(H,19,20)/t10-,11+,12+,15-/m0/s1. The van der Waals surface area contributed by atoms with Gasteiger partial charge in [-0.05, 0) is 6.07 Å². The van der Waals surface area contributed by atoms with Gasteiger partial charge in [0.05, 0.1) is 29.2 Å². The molecule has 4 atom stereocenters. The zero-order valence-electron chi connectivity index (χ0n) is 11.8. The van der Waals surface area contributed by atoms with E-state index in [0.29, 0.717) is 5.69 Å². The van der Waals surface area contributed by atoms with Crippen molar-refractivity contribution in [1.29, 1.82) is 0 Å². The number of carbonyl (C=O) groups excluding carboxylic acids is 1. The number of nitro benzene ring substituents is 1. The molecular weight excluding hydrogens is 304 g/mol. The normalized spacial score (nSPS) is 34.0. The van der Waals surface area contributed by atoms with Gasteiger partial charge in [-0.1, -0.05) is 18.2 Å². The predicted molar refractivity (Wildman–Crippen MR) is 76.8 cm³/mol. The molecule has 4 rings (SSSR count). The molecule has 2 fully saturated rings. The van der Waals surface area contributed by atoms with Crippen LogP contribution in [0, 0.1) is 22.0 Å². The zero-order chi connectivity index (χ0) is 16.4. The lowest BCUT2D eigenvalue weighted by atomic mass is 9.77. The summed E-state index contributed by atoms with van der Waals surface area (Å²) in [5.74, 6) is -3.16. The van der Waals surface area contributed by atoms with Crippen LogP contribution >= 0.6 is 0 Å². The van der Waals surface area contributed by atoms with Gasteiger partial charge in [-0.2, -0.15) is 0 Å². The molecule has 3 aliphatic heterocycles. The van der Waals surface area contributed by atoms with Crippen molar-refractivity contribution in [3.63, 3.8) is 0 Å². The van der Waals surface area contributed by atoms with Crippen LogP contribution in [0.1, 0.15) is 0 Å². The molecule has 8 heteroatoms. The quantitative estimate of drug-likeness (QED) is 0.505. The van der Waals surface area contributed by atoms with E-state index in [0.717, 1.165) is 0 Å². The fraction of sp³-hybridized carbons (Fsp3) is 0.333. The van der Waals surface area contributed by atoms with Crippen molar-refractivity contribution < 1.29 is 24.4 Å². The van der Waals surface area contributed by atoms with Crippen molar-refractivity contribution in [3.8, 4) is 0 Å². The molecule has 0 radical (unpaired) electrons. The van der Waals surface area contributed by atoms with E-state index in [4.69, 9.17) is 4.74 Å². The monoisotopic (exact) mass is 316 g/mol. The maximum absolute atomic E-state index is 12.7. The second-order valence-electron chi connectivity index (χ2n) is 5.94. The average Bonchev–Trinajstić information content (AvgIpc) is 3.15. The molecule has 3 heterocycles. The number of hydrogen-bond donors (Lipinski definition) is 1. The fourth-order valence-corrected chi connectivity index (χ4v) is 3.77. The fourth-order valence-electron chi connectivity index (χ4n) is 3.77. The van der Waals surface area contributed by atoms with Crippen molar-refractivity contribution in [1.82, 2.24) is 0 Å². The first-order valence-corrected chi connectivity index (χ1v) is 7.09. The molecule has 0 unspecified atom stereocenters. The number of ether oxygens (including phenoxy) is 1. The van der Waals surface area contributed by atoms with Gasteiger partial charge in [0.15, 0.2) is 0 Å². The van der Waals surface area contributed by atoms with E-state index >= 15 is 0 Å². The number of benzene rings is 1. The number of carboxylic acids is 1. The Labute approximate surface area is 130 Å². The van der Waals surface area contributed by atoms with Crippen LogP contribution in [-0.4, -0.2) is 40.2 Å². The van der Waals surface area contributed by atoms with Crippen molar-refractivity contribution in [2.75, 3.05) is 11.4 Å². The Balaban J connectivity index is 1.73. The molecule has 3 aliphatic rings. The van der Waals surface area contributed by atoms with Gasteiger partial charge in [-0.15, -0.1) is 0 Å². The van der Waals surface area contributed by atoms with Crippen LogP contribution in [-0.2, 0) is 14.3 Å². The lowest BCUT2D eigenvalue weighted by molar-refractivity contribution is -0.384. The summed E-state index contributed by atoms with van der Waals surface area (Å²) in [6.07, 6.45) is 2.84. The molecule has 0 saturated carbocycles. The van der Waals surface area contributed by atoms with Crippen molar-refractivity contribution in [2.24, 2.45) is 11.8 Å². The van der Waals surface area contributed by atoms with Gasteiger partial charge in [0.2, 0.25) is 5.91 Å². The van der Waals surface area contributed by atoms with Crippen LogP contribution in [0.4, 0.5) is 11.4 Å². The number of anilines is 1. The van der Waals surface area contributed by atoms with Crippen LogP contribution < -0.4 is 4.90 Å². The summed E-state index contributed by atoms with van der Waals surface area (Å²) in [7, 11) is 0. The van der Waals surface area contributed by atoms with Gasteiger partial charge in [0.25, 0.3) is 5.69 Å². The second kappa shape index (κ2) is 4.39. The number of aliphatic carboxylic acids is 1. The molecule has 23 heavy (non-hydrogen) atoms. The first-order valence-electron chi connectivity index (χ1n) is 7.09. The Morgan fingerprint density at radius 1 is 1.48 bits per heavy atom. The highest BCUT2D eigenvalue weighted by Gasteiger charge is 2.67. The van der Waals surface area contributed by atoms with Crippen LogP contribution in [0.3, 0.4) is 0 Å². The van der Waals surface area contributed by atoms with Crippen LogP contribution in [0.5, 0.6) is 0 Å². The summed E-state index contributed by atoms with van der Waals surface area (Å²) in [6.45, 7) is 0.161. The molecule has 2 bridgehead atoms. The SMILES string of the molecule is O=C(O)[C@@H]1[C@@H]2C=C[C@@]3(CN(c4cccc([N+](=O)[O-])c4)C(=O)[C@@H]13)O2. The number of nitrogens with zero attached hydrogens (tertiary/aromatic N) is 2. The molecule has 1 spiro atoms. The Kier molecular flexibility index (Phi) is 2.65. The third kappa shape index (κ3) is 1.75. The maximum Gasteiger partial charge on any atom is 0.310 e. The molecule has 2 saturated heterocycles. The van der Waals surface area contributed by atoms with Gasteiger partial charge < -0.3 is 14.7 Å². The highest BCUT2D eigenvalue weighted by Crippen LogP contribution is 2.52. The molecule has 1 aromatic carbocycles. The zero-order valence-corrected chi connectivity index (χ0v) is 11.8. The third-order valence-corrected chi connectivity index (χ3v) is 4.74. The largest absolute Gasteiger partial charge is 0.481 e. The second-order valence-corrected chi connectivity index (χ2v) is 5.94. The van der Waals surface area contributed by atoms with E-state index in [9.17, 15) is 24.8 Å². The van der Waals surface area contributed by atoms with E-state index in [1.807, 2.05) is 0 Å². The van der Waals surface area contributed by atoms with E-state index in [1.165, 1.54) is 23.1 Å². The molecule has 118 valence electrons. The third-order valence-electron chi connectivity index (χ3n) is 4.74.